The lowest BCUT2D eigenvalue weighted by Gasteiger charge is -2.33. The molecule has 0 aromatic heterocycles. The molecule has 2 saturated carbocycles. The first-order chi connectivity index (χ1) is 18.9. The van der Waals surface area contributed by atoms with Crippen molar-refractivity contribution in [3.05, 3.63) is 95.1 Å². The third-order valence-electron chi connectivity index (χ3n) is 8.13. The Morgan fingerprint density at radius 1 is 1.00 bits per heavy atom. The van der Waals surface area contributed by atoms with Crippen molar-refractivity contribution in [2.75, 3.05) is 12.0 Å². The van der Waals surface area contributed by atoms with E-state index in [2.05, 4.69) is 65.7 Å². The summed E-state index contributed by atoms with van der Waals surface area (Å²) in [6.45, 7) is 2.90. The molecule has 2 aliphatic rings. The molecule has 2 N–H and O–H groups in total. The Bertz CT molecular complexity index is 1320. The average molecular weight is 559 g/mol. The molecular weight excluding hydrogens is 516 g/mol. The first-order valence-electron chi connectivity index (χ1n) is 13.9. The zero-order valence-electron chi connectivity index (χ0n) is 22.9. The van der Waals surface area contributed by atoms with Crippen LogP contribution in [0, 0.1) is 6.92 Å². The van der Waals surface area contributed by atoms with E-state index in [9.17, 15) is 14.7 Å². The molecule has 0 saturated heterocycles. The predicted molar refractivity (Wildman–Crippen MR) is 166 cm³/mol. The lowest BCUT2D eigenvalue weighted by atomic mass is 9.93. The molecule has 6 heteroatoms. The van der Waals surface area contributed by atoms with Crippen LogP contribution in [-0.2, 0) is 17.8 Å². The summed E-state index contributed by atoms with van der Waals surface area (Å²) in [5, 5.41) is 12.5. The molecule has 0 radical (unpaired) electrons. The normalized spacial score (nSPS) is 16.2. The summed E-state index contributed by atoms with van der Waals surface area (Å²) < 4.78 is 0. The highest BCUT2D eigenvalue weighted by Crippen LogP contribution is 2.50. The highest BCUT2D eigenvalue weighted by atomic mass is 32.2. The first-order valence-corrected chi connectivity index (χ1v) is 15.3. The van der Waals surface area contributed by atoms with Crippen LogP contribution in [-0.4, -0.2) is 51.5 Å². The molecule has 5 nitrogen and oxygen atoms in total. The smallest absolute Gasteiger partial charge is 0.326 e. The van der Waals surface area contributed by atoms with Gasteiger partial charge in [-0.05, 0) is 97.4 Å². The number of aliphatic carboxylic acids is 1. The number of nitrogens with zero attached hydrogens (tertiary/aromatic N) is 1. The average Bonchev–Trinajstić information content (AvgIpc) is 3.87. The Morgan fingerprint density at radius 3 is 2.33 bits per heavy atom. The van der Waals surface area contributed by atoms with E-state index in [1.165, 1.54) is 36.8 Å². The number of rotatable bonds is 13. The standard InChI is InChI=1S/C33H38N2O3S.CH4/c1-23-8-6-7-11-27(23)29-20-25(12-15-28(29)31(36)34-30(32(37)38)16-19-39-2)22-35(26-13-14-26)33(17-18-33)21-24-9-4-3-5-10-24;/h3-12,15,20,26,30H,13-14,16-19,21-22H2,1-2H3,(H,34,36)(H,37,38);1H4/t30-;/m0./s1. The first kappa shape index (κ1) is 29.9. The molecule has 3 aromatic carbocycles. The number of carbonyl (C=O) groups excluding carboxylic acids is 1. The number of carbonyl (C=O) groups is 2. The van der Waals surface area contributed by atoms with Crippen LogP contribution in [0.3, 0.4) is 0 Å². The Hall–Kier alpha value is -3.09. The molecule has 0 bridgehead atoms. The van der Waals surface area contributed by atoms with Crippen molar-refractivity contribution in [1.29, 1.82) is 0 Å². The molecule has 1 amide bonds. The molecule has 0 unspecified atom stereocenters. The molecule has 3 aromatic rings. The second kappa shape index (κ2) is 13.0. The van der Waals surface area contributed by atoms with Gasteiger partial charge in [-0.3, -0.25) is 9.69 Å². The van der Waals surface area contributed by atoms with Gasteiger partial charge in [-0.15, -0.1) is 0 Å². The number of amides is 1. The Morgan fingerprint density at radius 2 is 1.70 bits per heavy atom. The van der Waals surface area contributed by atoms with Crippen LogP contribution >= 0.6 is 11.8 Å². The van der Waals surface area contributed by atoms with Crippen LogP contribution < -0.4 is 5.32 Å². The van der Waals surface area contributed by atoms with E-state index in [1.807, 2.05) is 30.5 Å². The second-order valence-electron chi connectivity index (χ2n) is 11.1. The van der Waals surface area contributed by atoms with Gasteiger partial charge in [0, 0.05) is 23.7 Å². The summed E-state index contributed by atoms with van der Waals surface area (Å²) in [5.41, 5.74) is 6.27. The highest BCUT2D eigenvalue weighted by molar-refractivity contribution is 7.98. The maximum Gasteiger partial charge on any atom is 0.326 e. The predicted octanol–water partition coefficient (Wildman–Crippen LogP) is 6.97. The SMILES string of the molecule is C.CSCC[C@H](NC(=O)c1ccc(CN(C2CC2)C2(Cc3ccccc3)CC2)cc1-c1ccccc1C)C(=O)O. The third kappa shape index (κ3) is 6.97. The number of hydrogen-bond donors (Lipinski definition) is 2. The van der Waals surface area contributed by atoms with Crippen molar-refractivity contribution in [2.24, 2.45) is 0 Å². The van der Waals surface area contributed by atoms with Gasteiger partial charge in [0.05, 0.1) is 0 Å². The molecule has 2 aliphatic carbocycles. The number of aryl methyl sites for hydroxylation is 1. The zero-order valence-corrected chi connectivity index (χ0v) is 23.7. The summed E-state index contributed by atoms with van der Waals surface area (Å²) in [5.74, 6) is -0.669. The topological polar surface area (TPSA) is 69.6 Å². The fourth-order valence-electron chi connectivity index (χ4n) is 5.67. The summed E-state index contributed by atoms with van der Waals surface area (Å²) in [7, 11) is 0. The van der Waals surface area contributed by atoms with Gasteiger partial charge in [-0.1, -0.05) is 68.1 Å². The van der Waals surface area contributed by atoms with Gasteiger partial charge in [0.15, 0.2) is 0 Å². The summed E-state index contributed by atoms with van der Waals surface area (Å²) in [6.07, 6.45) is 8.32. The van der Waals surface area contributed by atoms with Gasteiger partial charge in [0.1, 0.15) is 6.04 Å². The molecule has 0 aliphatic heterocycles. The van der Waals surface area contributed by atoms with Crippen LogP contribution in [0.2, 0.25) is 0 Å². The van der Waals surface area contributed by atoms with E-state index in [-0.39, 0.29) is 18.9 Å². The van der Waals surface area contributed by atoms with E-state index in [0.29, 0.717) is 23.8 Å². The van der Waals surface area contributed by atoms with Gasteiger partial charge in [0.2, 0.25) is 0 Å². The van der Waals surface area contributed by atoms with Crippen LogP contribution in [0.25, 0.3) is 11.1 Å². The van der Waals surface area contributed by atoms with Crippen LogP contribution in [0.15, 0.2) is 72.8 Å². The van der Waals surface area contributed by atoms with E-state index in [0.717, 1.165) is 29.7 Å². The Kier molecular flexibility index (Phi) is 9.75. The van der Waals surface area contributed by atoms with Crippen molar-refractivity contribution >= 4 is 23.6 Å². The number of nitrogens with one attached hydrogen (secondary N) is 1. The Balaban J connectivity index is 0.00000370. The van der Waals surface area contributed by atoms with Gasteiger partial charge in [-0.2, -0.15) is 11.8 Å². The molecule has 40 heavy (non-hydrogen) atoms. The maximum atomic E-state index is 13.5. The quantitative estimate of drug-likeness (QED) is 0.237. The van der Waals surface area contributed by atoms with Crippen molar-refractivity contribution in [3.8, 4) is 11.1 Å². The van der Waals surface area contributed by atoms with Crippen LogP contribution in [0.1, 0.15) is 66.6 Å². The summed E-state index contributed by atoms with van der Waals surface area (Å²) in [4.78, 5) is 28.0. The van der Waals surface area contributed by atoms with E-state index < -0.39 is 12.0 Å². The molecule has 0 spiro atoms. The second-order valence-corrected chi connectivity index (χ2v) is 12.1. The van der Waals surface area contributed by atoms with Gasteiger partial charge < -0.3 is 10.4 Å². The number of carboxylic acid groups (broad SMARTS) is 1. The highest BCUT2D eigenvalue weighted by Gasteiger charge is 2.52. The summed E-state index contributed by atoms with van der Waals surface area (Å²) >= 11 is 1.58. The largest absolute Gasteiger partial charge is 0.480 e. The Labute approximate surface area is 243 Å². The molecule has 0 heterocycles. The van der Waals surface area contributed by atoms with E-state index >= 15 is 0 Å². The number of hydrogen-bond acceptors (Lipinski definition) is 4. The molecule has 212 valence electrons. The lowest BCUT2D eigenvalue weighted by Crippen LogP contribution is -2.41. The fourth-order valence-corrected chi connectivity index (χ4v) is 6.14. The monoisotopic (exact) mass is 558 g/mol. The minimum atomic E-state index is -1.00. The fraction of sp³-hybridized carbons (Fsp3) is 0.412. The van der Waals surface area contributed by atoms with Gasteiger partial charge in [0.25, 0.3) is 5.91 Å². The zero-order chi connectivity index (χ0) is 27.4. The molecule has 5 rings (SSSR count). The van der Waals surface area contributed by atoms with Crippen molar-refractivity contribution in [2.45, 2.75) is 77.0 Å². The van der Waals surface area contributed by atoms with Crippen molar-refractivity contribution in [1.82, 2.24) is 10.2 Å². The van der Waals surface area contributed by atoms with Gasteiger partial charge in [-0.25, -0.2) is 4.79 Å². The minimum absolute atomic E-state index is 0. The maximum absolute atomic E-state index is 13.5. The van der Waals surface area contributed by atoms with Crippen LogP contribution in [0.4, 0.5) is 0 Å². The van der Waals surface area contributed by atoms with E-state index in [4.69, 9.17) is 0 Å². The number of benzene rings is 3. The number of thioether (sulfide) groups is 1. The minimum Gasteiger partial charge on any atom is -0.480 e. The molecular formula is C34H42N2O3S. The van der Waals surface area contributed by atoms with Crippen molar-refractivity contribution in [3.63, 3.8) is 0 Å². The number of carboxylic acids is 1. The molecule has 1 atom stereocenters. The van der Waals surface area contributed by atoms with Crippen molar-refractivity contribution < 1.29 is 14.7 Å². The summed E-state index contributed by atoms with van der Waals surface area (Å²) in [6, 6.07) is 24.7. The molecule has 2 fully saturated rings. The lowest BCUT2D eigenvalue weighted by molar-refractivity contribution is -0.139. The van der Waals surface area contributed by atoms with Gasteiger partial charge >= 0.3 is 5.97 Å². The van der Waals surface area contributed by atoms with E-state index in [1.54, 1.807) is 11.8 Å². The third-order valence-corrected chi connectivity index (χ3v) is 8.77. The van der Waals surface area contributed by atoms with Crippen LogP contribution in [0.5, 0.6) is 0 Å².